The van der Waals surface area contributed by atoms with Crippen molar-refractivity contribution in [2.45, 2.75) is 45.8 Å². The Hall–Kier alpha value is -1.43. The molecule has 1 N–H and O–H groups in total. The highest BCUT2D eigenvalue weighted by atomic mass is 32.2. The highest BCUT2D eigenvalue weighted by Crippen LogP contribution is 2.23. The van der Waals surface area contributed by atoms with Crippen LogP contribution in [0.4, 0.5) is 10.5 Å². The molecule has 5 nitrogen and oxygen atoms in total. The molecule has 0 spiro atoms. The number of carbonyl (C=O) groups is 1. The molecule has 2 heterocycles. The van der Waals surface area contributed by atoms with Crippen LogP contribution >= 0.6 is 0 Å². The number of amides is 2. The van der Waals surface area contributed by atoms with Gasteiger partial charge < -0.3 is 10.2 Å². The molecule has 1 aliphatic heterocycles. The van der Waals surface area contributed by atoms with Gasteiger partial charge in [-0.05, 0) is 52.7 Å². The molecule has 0 saturated carbocycles. The highest BCUT2D eigenvalue weighted by Gasteiger charge is 2.31. The van der Waals surface area contributed by atoms with Crippen LogP contribution in [0.15, 0.2) is 6.07 Å². The Bertz CT molecular complexity index is 590. The van der Waals surface area contributed by atoms with Gasteiger partial charge in [-0.1, -0.05) is 0 Å². The molecular formula is C16H25N3O2S. The third-order valence-corrected chi connectivity index (χ3v) is 6.18. The highest BCUT2D eigenvalue weighted by molar-refractivity contribution is 7.86. The summed E-state index contributed by atoms with van der Waals surface area (Å²) in [4.78, 5) is 18.7. The van der Waals surface area contributed by atoms with Crippen LogP contribution in [-0.4, -0.2) is 43.7 Å². The third-order valence-electron chi connectivity index (χ3n) is 4.19. The molecule has 1 aliphatic rings. The number of rotatable bonds is 1. The number of nitrogens with one attached hydrogen (secondary N) is 1. The van der Waals surface area contributed by atoms with E-state index in [-0.39, 0.29) is 10.8 Å². The minimum Gasteiger partial charge on any atom is -0.324 e. The molecule has 1 unspecified atom stereocenters. The largest absolute Gasteiger partial charge is 0.324 e. The van der Waals surface area contributed by atoms with Crippen LogP contribution in [0, 0.1) is 20.8 Å². The van der Waals surface area contributed by atoms with Gasteiger partial charge >= 0.3 is 6.03 Å². The molecule has 6 heteroatoms. The van der Waals surface area contributed by atoms with Crippen molar-refractivity contribution in [2.75, 3.05) is 24.2 Å². The quantitative estimate of drug-likeness (QED) is 0.864. The molecule has 1 aromatic heterocycles. The smallest absolute Gasteiger partial charge is 0.321 e. The minimum atomic E-state index is -0.898. The number of hydrogen-bond acceptors (Lipinski definition) is 3. The summed E-state index contributed by atoms with van der Waals surface area (Å²) in [5.41, 5.74) is 3.56. The van der Waals surface area contributed by atoms with Crippen molar-refractivity contribution in [1.82, 2.24) is 9.88 Å². The van der Waals surface area contributed by atoms with Gasteiger partial charge in [0.2, 0.25) is 0 Å². The maximum atomic E-state index is 12.5. The van der Waals surface area contributed by atoms with E-state index in [9.17, 15) is 9.00 Å². The van der Waals surface area contributed by atoms with Gasteiger partial charge in [0, 0.05) is 40.1 Å². The summed E-state index contributed by atoms with van der Waals surface area (Å²) in [5.74, 6) is 0.532. The average molecular weight is 323 g/mol. The van der Waals surface area contributed by atoms with Gasteiger partial charge in [0.1, 0.15) is 0 Å². The Kier molecular flexibility index (Phi) is 4.90. The summed E-state index contributed by atoms with van der Waals surface area (Å²) in [6.07, 6.45) is 0.747. The lowest BCUT2D eigenvalue weighted by atomic mass is 10.1. The zero-order valence-corrected chi connectivity index (χ0v) is 14.8. The molecule has 1 aromatic rings. The standard InChI is InChI=1S/C16H25N3O2S/c1-11-10-12(2)17-13(3)14(11)18-15(20)19-7-6-16(4,5)22(21)9-8-19/h10H,6-9H2,1-5H3,(H,18,20). The topological polar surface area (TPSA) is 62.3 Å². The molecule has 0 aromatic carbocycles. The zero-order chi connectivity index (χ0) is 16.5. The number of aromatic nitrogens is 1. The van der Waals surface area contributed by atoms with Crippen LogP contribution in [0.2, 0.25) is 0 Å². The molecule has 0 bridgehead atoms. The van der Waals surface area contributed by atoms with Crippen LogP contribution < -0.4 is 5.32 Å². The van der Waals surface area contributed by atoms with Crippen LogP contribution in [0.5, 0.6) is 0 Å². The van der Waals surface area contributed by atoms with E-state index in [4.69, 9.17) is 0 Å². The van der Waals surface area contributed by atoms with Gasteiger partial charge in [0.05, 0.1) is 11.4 Å². The van der Waals surface area contributed by atoms with Crippen LogP contribution in [0.1, 0.15) is 37.2 Å². The van der Waals surface area contributed by atoms with Gasteiger partial charge in [0.15, 0.2) is 0 Å². The van der Waals surface area contributed by atoms with Crippen molar-refractivity contribution in [3.8, 4) is 0 Å². The van der Waals surface area contributed by atoms with Crippen LogP contribution in [-0.2, 0) is 10.8 Å². The fraction of sp³-hybridized carbons (Fsp3) is 0.625. The van der Waals surface area contributed by atoms with Gasteiger partial charge in [-0.15, -0.1) is 0 Å². The van der Waals surface area contributed by atoms with E-state index in [1.807, 2.05) is 40.7 Å². The number of hydrogen-bond donors (Lipinski definition) is 1. The zero-order valence-electron chi connectivity index (χ0n) is 14.0. The van der Waals surface area contributed by atoms with E-state index in [1.54, 1.807) is 4.90 Å². The van der Waals surface area contributed by atoms with Crippen molar-refractivity contribution in [1.29, 1.82) is 0 Å². The first kappa shape index (κ1) is 16.9. The van der Waals surface area contributed by atoms with Crippen LogP contribution in [0.25, 0.3) is 0 Å². The lowest BCUT2D eigenvalue weighted by Gasteiger charge is -2.23. The second kappa shape index (κ2) is 6.36. The summed E-state index contributed by atoms with van der Waals surface area (Å²) < 4.78 is 11.9. The molecule has 1 fully saturated rings. The molecular weight excluding hydrogens is 298 g/mol. The first-order valence-corrected chi connectivity index (χ1v) is 8.92. The second-order valence-corrected chi connectivity index (χ2v) is 8.72. The first-order valence-electron chi connectivity index (χ1n) is 7.60. The maximum Gasteiger partial charge on any atom is 0.321 e. The Balaban J connectivity index is 2.12. The number of urea groups is 1. The summed E-state index contributed by atoms with van der Waals surface area (Å²) >= 11 is 0. The SMILES string of the molecule is Cc1cc(C)c(NC(=O)N2CCS(=O)C(C)(C)CC2)c(C)n1. The molecule has 1 atom stereocenters. The predicted octanol–water partition coefficient (Wildman–Crippen LogP) is 2.77. The lowest BCUT2D eigenvalue weighted by molar-refractivity contribution is 0.214. The molecule has 22 heavy (non-hydrogen) atoms. The summed E-state index contributed by atoms with van der Waals surface area (Å²) in [5, 5.41) is 2.97. The number of anilines is 1. The number of nitrogens with zero attached hydrogens (tertiary/aromatic N) is 2. The van der Waals surface area contributed by atoms with Crippen molar-refractivity contribution >= 4 is 22.5 Å². The van der Waals surface area contributed by atoms with E-state index >= 15 is 0 Å². The fourth-order valence-electron chi connectivity index (χ4n) is 2.70. The van der Waals surface area contributed by atoms with E-state index < -0.39 is 10.8 Å². The Morgan fingerprint density at radius 1 is 1.32 bits per heavy atom. The predicted molar refractivity (Wildman–Crippen MR) is 90.7 cm³/mol. The van der Waals surface area contributed by atoms with E-state index in [2.05, 4.69) is 10.3 Å². The first-order chi connectivity index (χ1) is 10.2. The minimum absolute atomic E-state index is 0.133. The fourth-order valence-corrected chi connectivity index (χ4v) is 3.96. The molecule has 1 saturated heterocycles. The Labute approximate surface area is 135 Å². The molecule has 0 aliphatic carbocycles. The molecule has 2 rings (SSSR count). The summed E-state index contributed by atoms with van der Waals surface area (Å²) in [6.45, 7) is 11.0. The Morgan fingerprint density at radius 3 is 2.64 bits per heavy atom. The third kappa shape index (κ3) is 3.66. The van der Waals surface area contributed by atoms with E-state index in [0.29, 0.717) is 18.8 Å². The van der Waals surface area contributed by atoms with Crippen molar-refractivity contribution in [3.63, 3.8) is 0 Å². The normalized spacial score (nSPS) is 21.3. The lowest BCUT2D eigenvalue weighted by Crippen LogP contribution is -2.37. The van der Waals surface area contributed by atoms with Gasteiger partial charge in [0.25, 0.3) is 0 Å². The molecule has 122 valence electrons. The summed E-state index contributed by atoms with van der Waals surface area (Å²) in [7, 11) is -0.898. The van der Waals surface area contributed by atoms with Crippen LogP contribution in [0.3, 0.4) is 0 Å². The summed E-state index contributed by atoms with van der Waals surface area (Å²) in [6, 6.07) is 1.83. The van der Waals surface area contributed by atoms with Gasteiger partial charge in [-0.25, -0.2) is 4.79 Å². The number of pyridine rings is 1. The second-order valence-electron chi connectivity index (χ2n) is 6.52. The van der Waals surface area contributed by atoms with Gasteiger partial charge in [-0.3, -0.25) is 9.19 Å². The maximum absolute atomic E-state index is 12.5. The number of aryl methyl sites for hydroxylation is 3. The van der Waals surface area contributed by atoms with E-state index in [1.165, 1.54) is 0 Å². The van der Waals surface area contributed by atoms with Gasteiger partial charge in [-0.2, -0.15) is 0 Å². The Morgan fingerprint density at radius 2 is 2.00 bits per heavy atom. The van der Waals surface area contributed by atoms with Crippen molar-refractivity contribution in [3.05, 3.63) is 23.0 Å². The van der Waals surface area contributed by atoms with Crippen molar-refractivity contribution < 1.29 is 9.00 Å². The monoisotopic (exact) mass is 323 g/mol. The molecule has 0 radical (unpaired) electrons. The van der Waals surface area contributed by atoms with E-state index in [0.717, 1.165) is 29.1 Å². The average Bonchev–Trinajstić information content (AvgIpc) is 2.54. The molecule has 2 amide bonds. The van der Waals surface area contributed by atoms with Crippen molar-refractivity contribution in [2.24, 2.45) is 0 Å². The number of carbonyl (C=O) groups excluding carboxylic acids is 1.